The molecule has 0 aliphatic carbocycles. The summed E-state index contributed by atoms with van der Waals surface area (Å²) in [5.41, 5.74) is 0. The Morgan fingerprint density at radius 2 is 2.33 bits per heavy atom. The van der Waals surface area contributed by atoms with Crippen LogP contribution >= 0.6 is 0 Å². The molecule has 2 atom stereocenters. The molecule has 12 heavy (non-hydrogen) atoms. The van der Waals surface area contributed by atoms with E-state index < -0.39 is 6.17 Å². The zero-order valence-corrected chi connectivity index (χ0v) is 7.43. The molecule has 1 N–H and O–H groups in total. The summed E-state index contributed by atoms with van der Waals surface area (Å²) in [5, 5.41) is 3.43. The van der Waals surface area contributed by atoms with E-state index in [9.17, 15) is 4.39 Å². The highest BCUT2D eigenvalue weighted by atomic mass is 19.1. The molecule has 0 aromatic rings. The summed E-state index contributed by atoms with van der Waals surface area (Å²) in [6.45, 7) is 3.83. The van der Waals surface area contributed by atoms with E-state index in [1.165, 1.54) is 12.8 Å². The van der Waals surface area contributed by atoms with Crippen molar-refractivity contribution in [2.75, 3.05) is 26.2 Å². The van der Waals surface area contributed by atoms with E-state index in [0.29, 0.717) is 12.6 Å². The lowest BCUT2D eigenvalue weighted by atomic mass is 10.2. The molecule has 2 aliphatic rings. The number of nitrogens with one attached hydrogen (secondary N) is 1. The predicted octanol–water partition coefficient (Wildman–Crippen LogP) is 0.782. The number of rotatable bonds is 2. The summed E-state index contributed by atoms with van der Waals surface area (Å²) in [6.07, 6.45) is 2.74. The second-order valence-corrected chi connectivity index (χ2v) is 3.94. The molecular formula is C9H17FN2. The van der Waals surface area contributed by atoms with Crippen LogP contribution in [0.25, 0.3) is 0 Å². The summed E-state index contributed by atoms with van der Waals surface area (Å²) in [6, 6.07) is 0.635. The third-order valence-corrected chi connectivity index (χ3v) is 2.86. The quantitative estimate of drug-likeness (QED) is 0.662. The molecule has 2 nitrogen and oxygen atoms in total. The third-order valence-electron chi connectivity index (χ3n) is 2.86. The van der Waals surface area contributed by atoms with Crippen LogP contribution in [-0.2, 0) is 0 Å². The molecule has 0 unspecified atom stereocenters. The normalized spacial score (nSPS) is 37.8. The number of alkyl halides is 1. The highest BCUT2D eigenvalue weighted by molar-refractivity contribution is 4.82. The van der Waals surface area contributed by atoms with Gasteiger partial charge >= 0.3 is 0 Å². The molecule has 0 aromatic carbocycles. The zero-order valence-electron chi connectivity index (χ0n) is 7.43. The van der Waals surface area contributed by atoms with Gasteiger partial charge in [-0.3, -0.25) is 4.90 Å². The van der Waals surface area contributed by atoms with Gasteiger partial charge < -0.3 is 5.32 Å². The fourth-order valence-electron chi connectivity index (χ4n) is 2.18. The predicted molar refractivity (Wildman–Crippen MR) is 47.0 cm³/mol. The Morgan fingerprint density at radius 3 is 2.92 bits per heavy atom. The van der Waals surface area contributed by atoms with Gasteiger partial charge in [0.1, 0.15) is 6.17 Å². The highest BCUT2D eigenvalue weighted by Gasteiger charge is 2.25. The van der Waals surface area contributed by atoms with E-state index in [1.54, 1.807) is 0 Å². The molecule has 70 valence electrons. The van der Waals surface area contributed by atoms with Gasteiger partial charge in [-0.25, -0.2) is 4.39 Å². The second-order valence-electron chi connectivity index (χ2n) is 3.94. The van der Waals surface area contributed by atoms with Crippen LogP contribution in [0.1, 0.15) is 19.3 Å². The first-order chi connectivity index (χ1) is 5.84. The highest BCUT2D eigenvalue weighted by Crippen LogP contribution is 2.14. The first-order valence-corrected chi connectivity index (χ1v) is 4.94. The van der Waals surface area contributed by atoms with Gasteiger partial charge in [0.25, 0.3) is 0 Å². The van der Waals surface area contributed by atoms with Gasteiger partial charge in [-0.05, 0) is 25.8 Å². The molecule has 3 heteroatoms. The van der Waals surface area contributed by atoms with Crippen molar-refractivity contribution < 1.29 is 4.39 Å². The Bertz CT molecular complexity index is 145. The van der Waals surface area contributed by atoms with Crippen LogP contribution in [0, 0.1) is 0 Å². The molecule has 0 radical (unpaired) electrons. The molecule has 2 aliphatic heterocycles. The van der Waals surface area contributed by atoms with Crippen molar-refractivity contribution in [2.24, 2.45) is 0 Å². The number of halogens is 1. The van der Waals surface area contributed by atoms with Gasteiger partial charge in [0.2, 0.25) is 0 Å². The van der Waals surface area contributed by atoms with Gasteiger partial charge in [0, 0.05) is 25.7 Å². The minimum absolute atomic E-state index is 0.564. The van der Waals surface area contributed by atoms with Gasteiger partial charge in [0.15, 0.2) is 0 Å². The van der Waals surface area contributed by atoms with E-state index in [1.807, 2.05) is 0 Å². The van der Waals surface area contributed by atoms with Crippen molar-refractivity contribution in [3.05, 3.63) is 0 Å². The van der Waals surface area contributed by atoms with Crippen molar-refractivity contribution in [3.63, 3.8) is 0 Å². The van der Waals surface area contributed by atoms with E-state index >= 15 is 0 Å². The minimum Gasteiger partial charge on any atom is -0.313 e. The van der Waals surface area contributed by atoms with Crippen LogP contribution in [0.4, 0.5) is 4.39 Å². The van der Waals surface area contributed by atoms with Gasteiger partial charge in [-0.2, -0.15) is 0 Å². The van der Waals surface area contributed by atoms with Crippen LogP contribution in [0.5, 0.6) is 0 Å². The Hall–Kier alpha value is -0.150. The van der Waals surface area contributed by atoms with E-state index in [4.69, 9.17) is 0 Å². The molecule has 0 amide bonds. The molecule has 0 bridgehead atoms. The number of hydrogen-bond acceptors (Lipinski definition) is 2. The smallest absolute Gasteiger partial charge is 0.114 e. The fraction of sp³-hybridized carbons (Fsp3) is 1.00. The maximum absolute atomic E-state index is 12.8. The summed E-state index contributed by atoms with van der Waals surface area (Å²) in [5.74, 6) is 0. The summed E-state index contributed by atoms with van der Waals surface area (Å²) < 4.78 is 12.8. The SMILES string of the molecule is F[C@@H]1CCN(C[C@H]2CCCN2)C1. The van der Waals surface area contributed by atoms with Crippen LogP contribution in [0.15, 0.2) is 0 Å². The van der Waals surface area contributed by atoms with Crippen LogP contribution in [0.2, 0.25) is 0 Å². The summed E-state index contributed by atoms with van der Waals surface area (Å²) >= 11 is 0. The lowest BCUT2D eigenvalue weighted by molar-refractivity contribution is 0.268. The maximum Gasteiger partial charge on any atom is 0.114 e. The molecule has 2 heterocycles. The Kier molecular flexibility index (Phi) is 2.61. The maximum atomic E-state index is 12.8. The number of nitrogens with zero attached hydrogens (tertiary/aromatic N) is 1. The zero-order chi connectivity index (χ0) is 8.39. The Morgan fingerprint density at radius 1 is 1.42 bits per heavy atom. The molecule has 0 aromatic heterocycles. The standard InChI is InChI=1S/C9H17FN2/c10-8-3-5-12(6-8)7-9-2-1-4-11-9/h8-9,11H,1-7H2/t8-,9-/m1/s1. The van der Waals surface area contributed by atoms with E-state index in [-0.39, 0.29) is 0 Å². The van der Waals surface area contributed by atoms with Gasteiger partial charge in [-0.15, -0.1) is 0 Å². The van der Waals surface area contributed by atoms with Gasteiger partial charge in [0.05, 0.1) is 0 Å². The lowest BCUT2D eigenvalue weighted by Crippen LogP contribution is -2.36. The molecule has 2 rings (SSSR count). The largest absolute Gasteiger partial charge is 0.313 e. The van der Waals surface area contributed by atoms with Crippen molar-refractivity contribution in [1.29, 1.82) is 0 Å². The molecule has 0 spiro atoms. The van der Waals surface area contributed by atoms with Crippen LogP contribution in [0.3, 0.4) is 0 Å². The molecule has 2 fully saturated rings. The average Bonchev–Trinajstić information content (AvgIpc) is 2.63. The van der Waals surface area contributed by atoms with E-state index in [2.05, 4.69) is 10.2 Å². The van der Waals surface area contributed by atoms with Crippen molar-refractivity contribution in [2.45, 2.75) is 31.5 Å². The van der Waals surface area contributed by atoms with Crippen molar-refractivity contribution >= 4 is 0 Å². The summed E-state index contributed by atoms with van der Waals surface area (Å²) in [7, 11) is 0. The molecular weight excluding hydrogens is 155 g/mol. The monoisotopic (exact) mass is 172 g/mol. The molecule has 0 saturated carbocycles. The first kappa shape index (κ1) is 8.45. The fourth-order valence-corrected chi connectivity index (χ4v) is 2.18. The van der Waals surface area contributed by atoms with Crippen LogP contribution in [-0.4, -0.2) is 43.3 Å². The van der Waals surface area contributed by atoms with Crippen LogP contribution < -0.4 is 5.32 Å². The molecule has 2 saturated heterocycles. The first-order valence-electron chi connectivity index (χ1n) is 4.94. The van der Waals surface area contributed by atoms with Crippen molar-refractivity contribution in [1.82, 2.24) is 10.2 Å². The minimum atomic E-state index is -0.564. The van der Waals surface area contributed by atoms with E-state index in [0.717, 1.165) is 26.1 Å². The number of hydrogen-bond donors (Lipinski definition) is 1. The van der Waals surface area contributed by atoms with Gasteiger partial charge in [-0.1, -0.05) is 0 Å². The summed E-state index contributed by atoms with van der Waals surface area (Å²) in [4.78, 5) is 2.24. The topological polar surface area (TPSA) is 15.3 Å². The second kappa shape index (κ2) is 3.71. The third kappa shape index (κ3) is 1.96. The Balaban J connectivity index is 1.72. The lowest BCUT2D eigenvalue weighted by Gasteiger charge is -2.19. The average molecular weight is 172 g/mol. The Labute approximate surface area is 73.1 Å². The van der Waals surface area contributed by atoms with Crippen molar-refractivity contribution in [3.8, 4) is 0 Å². The number of likely N-dealkylation sites (tertiary alicyclic amines) is 1.